The van der Waals surface area contributed by atoms with Crippen molar-refractivity contribution in [3.05, 3.63) is 54.1 Å². The quantitative estimate of drug-likeness (QED) is 0.184. The Morgan fingerprint density at radius 2 is 1.38 bits per heavy atom. The number of rotatable bonds is 11. The van der Waals surface area contributed by atoms with Crippen molar-refractivity contribution in [2.24, 2.45) is 0 Å². The maximum absolute atomic E-state index is 12.2. The van der Waals surface area contributed by atoms with E-state index in [1.165, 1.54) is 12.1 Å². The van der Waals surface area contributed by atoms with Gasteiger partial charge in [0.25, 0.3) is 5.91 Å². The topological polar surface area (TPSA) is 129 Å². The molecule has 2 aromatic carbocycles. The van der Waals surface area contributed by atoms with E-state index in [-0.39, 0.29) is 18.0 Å². The van der Waals surface area contributed by atoms with Crippen LogP contribution >= 0.6 is 0 Å². The number of alkyl halides is 3. The van der Waals surface area contributed by atoms with E-state index in [9.17, 15) is 27.6 Å². The molecular weight excluding hydrogens is 457 g/mol. The molecule has 0 atom stereocenters. The van der Waals surface area contributed by atoms with Gasteiger partial charge in [-0.1, -0.05) is 12.8 Å². The molecule has 12 heteroatoms. The summed E-state index contributed by atoms with van der Waals surface area (Å²) in [5.41, 5.74) is 2.66. The Kier molecular flexibility index (Phi) is 10.1. The maximum atomic E-state index is 12.2. The number of ether oxygens (including phenoxy) is 1. The molecule has 9 nitrogen and oxygen atoms in total. The van der Waals surface area contributed by atoms with Crippen LogP contribution in [0.3, 0.4) is 0 Å². The number of urea groups is 1. The van der Waals surface area contributed by atoms with Gasteiger partial charge in [-0.05, 0) is 61.4 Å². The molecule has 0 aliphatic carbocycles. The summed E-state index contributed by atoms with van der Waals surface area (Å²) in [5, 5.41) is 16.2. The number of carbonyl (C=O) groups excluding carboxylic acids is 3. The Morgan fingerprint density at radius 1 is 0.824 bits per heavy atom. The Morgan fingerprint density at radius 3 is 1.94 bits per heavy atom. The third kappa shape index (κ3) is 10.2. The van der Waals surface area contributed by atoms with Crippen LogP contribution < -0.4 is 26.2 Å². The third-order valence-electron chi connectivity index (χ3n) is 4.49. The van der Waals surface area contributed by atoms with Crippen LogP contribution in [0.1, 0.15) is 42.5 Å². The second-order valence-corrected chi connectivity index (χ2v) is 7.18. The first-order valence-corrected chi connectivity index (χ1v) is 10.4. The summed E-state index contributed by atoms with van der Waals surface area (Å²) in [5.74, 6) is -1.09. The molecule has 0 spiro atoms. The third-order valence-corrected chi connectivity index (χ3v) is 4.49. The van der Waals surface area contributed by atoms with E-state index in [0.717, 1.165) is 31.4 Å². The first kappa shape index (κ1) is 26.5. The normalized spacial score (nSPS) is 10.8. The van der Waals surface area contributed by atoms with E-state index in [4.69, 9.17) is 5.21 Å². The Bertz CT molecular complexity index is 951. The molecule has 0 aliphatic heterocycles. The van der Waals surface area contributed by atoms with Crippen molar-refractivity contribution in [2.45, 2.75) is 38.5 Å². The lowest BCUT2D eigenvalue weighted by atomic mass is 10.1. The molecule has 0 radical (unpaired) electrons. The fourth-order valence-electron chi connectivity index (χ4n) is 2.86. The lowest BCUT2D eigenvalue weighted by Crippen LogP contribution is -2.24. The highest BCUT2D eigenvalue weighted by atomic mass is 19.4. The van der Waals surface area contributed by atoms with E-state index in [2.05, 4.69) is 20.7 Å². The van der Waals surface area contributed by atoms with Gasteiger partial charge in [0.15, 0.2) is 0 Å². The Labute approximate surface area is 193 Å². The van der Waals surface area contributed by atoms with E-state index in [1.807, 2.05) is 0 Å². The Balaban J connectivity index is 1.70. The first-order chi connectivity index (χ1) is 16.2. The zero-order valence-corrected chi connectivity index (χ0v) is 18.1. The molecule has 0 bridgehead atoms. The number of hydrogen-bond acceptors (Lipinski definition) is 5. The average molecular weight is 482 g/mol. The number of nitrogens with one attached hydrogen (secondary N) is 4. The standard InChI is InChI=1S/C22H25F3N4O5/c23-22(24,25)34-18-12-10-17(11-13-18)28-21(32)27-16-8-6-15(7-9-16)20(31)26-14-4-2-1-3-5-19(30)29-33/h6-13,33H,1-5,14H2,(H,26,31)(H,29,30)(H2,27,28,32). The second kappa shape index (κ2) is 13.0. The van der Waals surface area contributed by atoms with Crippen LogP contribution in [0.2, 0.25) is 0 Å². The summed E-state index contributed by atoms with van der Waals surface area (Å²) in [4.78, 5) is 35.1. The van der Waals surface area contributed by atoms with Gasteiger partial charge in [0.1, 0.15) is 5.75 Å². The van der Waals surface area contributed by atoms with Gasteiger partial charge in [0, 0.05) is 29.9 Å². The van der Waals surface area contributed by atoms with Gasteiger partial charge in [-0.3, -0.25) is 14.8 Å². The van der Waals surface area contributed by atoms with E-state index in [0.29, 0.717) is 24.2 Å². The number of hydrogen-bond donors (Lipinski definition) is 5. The monoisotopic (exact) mass is 482 g/mol. The average Bonchev–Trinajstić information content (AvgIpc) is 2.79. The smallest absolute Gasteiger partial charge is 0.406 e. The number of amides is 4. The van der Waals surface area contributed by atoms with Crippen molar-refractivity contribution in [3.63, 3.8) is 0 Å². The van der Waals surface area contributed by atoms with Crippen molar-refractivity contribution in [3.8, 4) is 5.75 Å². The lowest BCUT2D eigenvalue weighted by molar-refractivity contribution is -0.274. The summed E-state index contributed by atoms with van der Waals surface area (Å²) in [6.07, 6.45) is -1.51. The lowest BCUT2D eigenvalue weighted by Gasteiger charge is -2.11. The second-order valence-electron chi connectivity index (χ2n) is 7.18. The highest BCUT2D eigenvalue weighted by Crippen LogP contribution is 2.24. The predicted octanol–water partition coefficient (Wildman–Crippen LogP) is 4.41. The molecule has 2 rings (SSSR count). The predicted molar refractivity (Wildman–Crippen MR) is 118 cm³/mol. The van der Waals surface area contributed by atoms with Gasteiger partial charge in [-0.2, -0.15) is 0 Å². The minimum Gasteiger partial charge on any atom is -0.406 e. The molecule has 184 valence electrons. The van der Waals surface area contributed by atoms with Gasteiger partial charge >= 0.3 is 12.4 Å². The fourth-order valence-corrected chi connectivity index (χ4v) is 2.86. The van der Waals surface area contributed by atoms with E-state index >= 15 is 0 Å². The number of anilines is 2. The van der Waals surface area contributed by atoms with E-state index in [1.54, 1.807) is 29.7 Å². The Hall–Kier alpha value is -3.80. The largest absolute Gasteiger partial charge is 0.573 e. The van der Waals surface area contributed by atoms with Crippen LogP contribution in [0.4, 0.5) is 29.3 Å². The van der Waals surface area contributed by atoms with Crippen molar-refractivity contribution >= 4 is 29.2 Å². The van der Waals surface area contributed by atoms with Crippen molar-refractivity contribution < 1.29 is 37.5 Å². The minimum atomic E-state index is -4.79. The highest BCUT2D eigenvalue weighted by molar-refractivity contribution is 6.00. The number of unbranched alkanes of at least 4 members (excludes halogenated alkanes) is 3. The molecule has 4 amide bonds. The van der Waals surface area contributed by atoms with Crippen molar-refractivity contribution in [2.75, 3.05) is 17.2 Å². The van der Waals surface area contributed by atoms with Crippen LogP contribution in [0.15, 0.2) is 48.5 Å². The summed E-state index contributed by atoms with van der Waals surface area (Å²) in [7, 11) is 0. The van der Waals surface area contributed by atoms with Crippen molar-refractivity contribution in [1.82, 2.24) is 10.8 Å². The summed E-state index contributed by atoms with van der Waals surface area (Å²) in [6.45, 7) is 0.472. The molecule has 0 unspecified atom stereocenters. The van der Waals surface area contributed by atoms with E-state index < -0.39 is 24.1 Å². The van der Waals surface area contributed by atoms with Gasteiger partial charge in [-0.25, -0.2) is 10.3 Å². The zero-order chi connectivity index (χ0) is 25.0. The molecule has 0 aliphatic rings. The molecule has 5 N–H and O–H groups in total. The minimum absolute atomic E-state index is 0.254. The molecule has 0 saturated heterocycles. The molecule has 34 heavy (non-hydrogen) atoms. The number of hydroxylamine groups is 1. The van der Waals surface area contributed by atoms with Crippen molar-refractivity contribution in [1.29, 1.82) is 0 Å². The highest BCUT2D eigenvalue weighted by Gasteiger charge is 2.30. The summed E-state index contributed by atoms with van der Waals surface area (Å²) in [6, 6.07) is 10.2. The first-order valence-electron chi connectivity index (χ1n) is 10.4. The van der Waals surface area contributed by atoms with Crippen LogP contribution in [-0.4, -0.2) is 36.0 Å². The number of carbonyl (C=O) groups is 3. The molecule has 0 aromatic heterocycles. The maximum Gasteiger partial charge on any atom is 0.573 e. The fraction of sp³-hybridized carbons (Fsp3) is 0.318. The summed E-state index contributed by atoms with van der Waals surface area (Å²) < 4.78 is 40.3. The van der Waals surface area contributed by atoms with Gasteiger partial charge in [0.05, 0.1) is 0 Å². The number of benzene rings is 2. The zero-order valence-electron chi connectivity index (χ0n) is 18.1. The molecular formula is C22H25F3N4O5. The SMILES string of the molecule is O=C(CCCCCCNC(=O)c1ccc(NC(=O)Nc2ccc(OC(F)(F)F)cc2)cc1)NO. The molecule has 0 fully saturated rings. The molecule has 0 heterocycles. The van der Waals surface area contributed by atoms with Gasteiger partial charge < -0.3 is 20.7 Å². The van der Waals surface area contributed by atoms with Crippen LogP contribution in [0, 0.1) is 0 Å². The van der Waals surface area contributed by atoms with Gasteiger partial charge in [0.2, 0.25) is 5.91 Å². The van der Waals surface area contributed by atoms with Crippen LogP contribution in [0.25, 0.3) is 0 Å². The van der Waals surface area contributed by atoms with Crippen LogP contribution in [0.5, 0.6) is 5.75 Å². The molecule has 0 saturated carbocycles. The molecule has 2 aromatic rings. The number of halogens is 3. The van der Waals surface area contributed by atoms with Crippen LogP contribution in [-0.2, 0) is 4.79 Å². The summed E-state index contributed by atoms with van der Waals surface area (Å²) >= 11 is 0. The van der Waals surface area contributed by atoms with Gasteiger partial charge in [-0.15, -0.1) is 13.2 Å².